The monoisotopic (exact) mass is 344 g/mol. The number of amides is 1. The zero-order valence-corrected chi connectivity index (χ0v) is 14.3. The number of halogens is 2. The Bertz CT molecular complexity index is 517. The van der Waals surface area contributed by atoms with E-state index in [1.165, 1.54) is 0 Å². The Morgan fingerprint density at radius 1 is 1.32 bits per heavy atom. The third-order valence-corrected chi connectivity index (χ3v) is 4.89. The fourth-order valence-corrected chi connectivity index (χ4v) is 2.96. The molecule has 0 saturated carbocycles. The molecule has 0 radical (unpaired) electrons. The molecule has 1 heterocycles. The summed E-state index contributed by atoms with van der Waals surface area (Å²) in [6, 6.07) is 5.42. The van der Waals surface area contributed by atoms with E-state index < -0.39 is 0 Å². The van der Waals surface area contributed by atoms with Gasteiger partial charge in [-0.3, -0.25) is 9.69 Å². The quantitative estimate of drug-likeness (QED) is 0.892. The highest BCUT2D eigenvalue weighted by Gasteiger charge is 2.21. The number of rotatable bonds is 5. The van der Waals surface area contributed by atoms with Crippen LogP contribution in [0.25, 0.3) is 0 Å². The van der Waals surface area contributed by atoms with Crippen LogP contribution in [0.4, 0.5) is 0 Å². The summed E-state index contributed by atoms with van der Waals surface area (Å²) in [7, 11) is 1.80. The molecule has 0 unspecified atom stereocenters. The van der Waals surface area contributed by atoms with E-state index in [9.17, 15) is 4.79 Å². The largest absolute Gasteiger partial charge is 0.396 e. The van der Waals surface area contributed by atoms with Gasteiger partial charge in [-0.15, -0.1) is 0 Å². The second kappa shape index (κ2) is 8.16. The van der Waals surface area contributed by atoms with Crippen LogP contribution in [-0.4, -0.2) is 54.1 Å². The zero-order chi connectivity index (χ0) is 16.1. The van der Waals surface area contributed by atoms with Crippen LogP contribution >= 0.6 is 23.2 Å². The van der Waals surface area contributed by atoms with Crippen LogP contribution in [0.2, 0.25) is 10.0 Å². The maximum Gasteiger partial charge on any atom is 0.236 e. The third-order valence-electron chi connectivity index (χ3n) is 4.15. The van der Waals surface area contributed by atoms with Gasteiger partial charge in [0.25, 0.3) is 0 Å². The molecule has 6 heteroatoms. The molecule has 2 rings (SSSR count). The van der Waals surface area contributed by atoms with E-state index in [4.69, 9.17) is 28.3 Å². The van der Waals surface area contributed by atoms with Gasteiger partial charge in [0.15, 0.2) is 0 Å². The number of hydrogen-bond donors (Lipinski definition) is 1. The van der Waals surface area contributed by atoms with Crippen LogP contribution in [0.1, 0.15) is 18.4 Å². The van der Waals surface area contributed by atoms with Gasteiger partial charge in [-0.1, -0.05) is 29.3 Å². The molecular weight excluding hydrogens is 323 g/mol. The Balaban J connectivity index is 1.83. The Hall–Kier alpha value is -0.810. The molecule has 0 spiro atoms. The first-order valence-corrected chi connectivity index (χ1v) is 8.26. The van der Waals surface area contributed by atoms with Crippen LogP contribution in [0, 0.1) is 5.92 Å². The first-order valence-electron chi connectivity index (χ1n) is 7.50. The first-order chi connectivity index (χ1) is 10.5. The molecule has 122 valence electrons. The van der Waals surface area contributed by atoms with E-state index in [1.807, 2.05) is 6.07 Å². The van der Waals surface area contributed by atoms with Crippen molar-refractivity contribution >= 4 is 29.1 Å². The number of nitrogens with zero attached hydrogens (tertiary/aromatic N) is 2. The molecule has 0 aliphatic carbocycles. The lowest BCUT2D eigenvalue weighted by Gasteiger charge is -2.31. The summed E-state index contributed by atoms with van der Waals surface area (Å²) >= 11 is 11.9. The number of piperidine rings is 1. The number of carbonyl (C=O) groups is 1. The third kappa shape index (κ3) is 4.85. The molecule has 1 fully saturated rings. The maximum absolute atomic E-state index is 12.3. The summed E-state index contributed by atoms with van der Waals surface area (Å²) in [5.74, 6) is 0.480. The number of aliphatic hydroxyl groups excluding tert-OH is 1. The van der Waals surface area contributed by atoms with Crippen LogP contribution in [0.3, 0.4) is 0 Å². The SMILES string of the molecule is CN(Cc1ccc(Cl)c(Cl)c1)C(=O)CN1CCC(CO)CC1. The molecule has 22 heavy (non-hydrogen) atoms. The zero-order valence-electron chi connectivity index (χ0n) is 12.8. The average molecular weight is 345 g/mol. The van der Waals surface area contributed by atoms with E-state index in [0.717, 1.165) is 31.5 Å². The first kappa shape index (κ1) is 17.5. The summed E-state index contributed by atoms with van der Waals surface area (Å²) in [6.07, 6.45) is 1.92. The molecule has 1 N–H and O–H groups in total. The topological polar surface area (TPSA) is 43.8 Å². The minimum atomic E-state index is 0.0912. The van der Waals surface area contributed by atoms with Crippen molar-refractivity contribution in [2.75, 3.05) is 33.3 Å². The van der Waals surface area contributed by atoms with Gasteiger partial charge in [0.2, 0.25) is 5.91 Å². The van der Waals surface area contributed by atoms with Crippen molar-refractivity contribution in [2.24, 2.45) is 5.92 Å². The van der Waals surface area contributed by atoms with Crippen molar-refractivity contribution in [1.82, 2.24) is 9.80 Å². The molecule has 1 aromatic carbocycles. The van der Waals surface area contributed by atoms with Gasteiger partial charge >= 0.3 is 0 Å². The highest BCUT2D eigenvalue weighted by molar-refractivity contribution is 6.42. The normalized spacial score (nSPS) is 16.7. The van der Waals surface area contributed by atoms with Crippen LogP contribution in [-0.2, 0) is 11.3 Å². The fraction of sp³-hybridized carbons (Fsp3) is 0.562. The molecule has 0 aromatic heterocycles. The lowest BCUT2D eigenvalue weighted by molar-refractivity contribution is -0.132. The highest BCUT2D eigenvalue weighted by atomic mass is 35.5. The van der Waals surface area contributed by atoms with Crippen molar-refractivity contribution < 1.29 is 9.90 Å². The summed E-state index contributed by atoms with van der Waals surface area (Å²) in [6.45, 7) is 2.94. The molecular formula is C16H22Cl2N2O2. The Kier molecular flexibility index (Phi) is 6.50. The summed E-state index contributed by atoms with van der Waals surface area (Å²) < 4.78 is 0. The minimum Gasteiger partial charge on any atom is -0.396 e. The summed E-state index contributed by atoms with van der Waals surface area (Å²) in [4.78, 5) is 16.2. The van der Waals surface area contributed by atoms with Crippen molar-refractivity contribution in [3.05, 3.63) is 33.8 Å². The smallest absolute Gasteiger partial charge is 0.236 e. The lowest BCUT2D eigenvalue weighted by Crippen LogP contribution is -2.42. The molecule has 1 aliphatic heterocycles. The molecule has 4 nitrogen and oxygen atoms in total. The minimum absolute atomic E-state index is 0.0912. The van der Waals surface area contributed by atoms with E-state index in [2.05, 4.69) is 4.90 Å². The number of benzene rings is 1. The van der Waals surface area contributed by atoms with Crippen molar-refractivity contribution in [2.45, 2.75) is 19.4 Å². The van der Waals surface area contributed by atoms with Gasteiger partial charge in [-0.25, -0.2) is 0 Å². The van der Waals surface area contributed by atoms with Crippen molar-refractivity contribution in [1.29, 1.82) is 0 Å². The predicted octanol–water partition coefficient (Wildman–Crippen LogP) is 2.66. The Morgan fingerprint density at radius 2 is 2.00 bits per heavy atom. The van der Waals surface area contributed by atoms with Crippen molar-refractivity contribution in [3.63, 3.8) is 0 Å². The second-order valence-electron chi connectivity index (χ2n) is 5.90. The molecule has 1 aliphatic rings. The van der Waals surface area contributed by atoms with Gasteiger partial charge in [-0.2, -0.15) is 0 Å². The van der Waals surface area contributed by atoms with Gasteiger partial charge in [-0.05, 0) is 49.5 Å². The average Bonchev–Trinajstić information content (AvgIpc) is 2.51. The Morgan fingerprint density at radius 3 is 2.59 bits per heavy atom. The second-order valence-corrected chi connectivity index (χ2v) is 6.71. The predicted molar refractivity (Wildman–Crippen MR) is 89.2 cm³/mol. The van der Waals surface area contributed by atoms with E-state index >= 15 is 0 Å². The van der Waals surface area contributed by atoms with Gasteiger partial charge < -0.3 is 10.0 Å². The van der Waals surface area contributed by atoms with E-state index in [1.54, 1.807) is 24.1 Å². The number of aliphatic hydroxyl groups is 1. The summed E-state index contributed by atoms with van der Waals surface area (Å²) in [5, 5.41) is 10.2. The van der Waals surface area contributed by atoms with Crippen LogP contribution in [0.5, 0.6) is 0 Å². The maximum atomic E-state index is 12.3. The summed E-state index contributed by atoms with van der Waals surface area (Å²) in [5.41, 5.74) is 0.962. The number of likely N-dealkylation sites (N-methyl/N-ethyl adjacent to an activating group) is 1. The molecule has 1 amide bonds. The van der Waals surface area contributed by atoms with Gasteiger partial charge in [0.05, 0.1) is 16.6 Å². The molecule has 0 bridgehead atoms. The number of hydrogen-bond acceptors (Lipinski definition) is 3. The number of carbonyl (C=O) groups excluding carboxylic acids is 1. The van der Waals surface area contributed by atoms with E-state index in [-0.39, 0.29) is 12.5 Å². The van der Waals surface area contributed by atoms with Crippen molar-refractivity contribution in [3.8, 4) is 0 Å². The fourth-order valence-electron chi connectivity index (χ4n) is 2.64. The van der Waals surface area contributed by atoms with Crippen LogP contribution < -0.4 is 0 Å². The Labute approximate surface area is 141 Å². The van der Waals surface area contributed by atoms with E-state index in [0.29, 0.717) is 29.1 Å². The standard InChI is InChI=1S/C16H22Cl2N2O2/c1-19(9-13-2-3-14(17)15(18)8-13)16(22)10-20-6-4-12(11-21)5-7-20/h2-3,8,12,21H,4-7,9-11H2,1H3. The molecule has 1 saturated heterocycles. The van der Waals surface area contributed by atoms with Crippen LogP contribution in [0.15, 0.2) is 18.2 Å². The lowest BCUT2D eigenvalue weighted by atomic mass is 9.98. The molecule has 0 atom stereocenters. The highest BCUT2D eigenvalue weighted by Crippen LogP contribution is 2.23. The van der Waals surface area contributed by atoms with Gasteiger partial charge in [0, 0.05) is 20.2 Å². The molecule has 1 aromatic rings. The van der Waals surface area contributed by atoms with Gasteiger partial charge in [0.1, 0.15) is 0 Å². The number of likely N-dealkylation sites (tertiary alicyclic amines) is 1.